The second-order valence-corrected chi connectivity index (χ2v) is 11.6. The molecule has 1 saturated heterocycles. The molecule has 2 N–H and O–H groups in total. The molecule has 41 heavy (non-hydrogen) atoms. The number of aromatic nitrogens is 3. The van der Waals surface area contributed by atoms with Crippen molar-refractivity contribution < 1.29 is 19.4 Å². The predicted octanol–water partition coefficient (Wildman–Crippen LogP) is 4.25. The Bertz CT molecular complexity index is 1430. The molecule has 1 atom stereocenters. The fourth-order valence-electron chi connectivity index (χ4n) is 6.26. The maximum Gasteiger partial charge on any atom is 0.329 e. The van der Waals surface area contributed by atoms with Crippen LogP contribution in [0.5, 0.6) is 5.75 Å². The number of benzene rings is 1. The maximum atomic E-state index is 12.4. The van der Waals surface area contributed by atoms with Crippen LogP contribution in [-0.4, -0.2) is 55.7 Å². The number of urea groups is 1. The third-order valence-electron chi connectivity index (χ3n) is 8.78. The molecule has 4 heterocycles. The van der Waals surface area contributed by atoms with Crippen LogP contribution < -0.4 is 15.0 Å². The molecule has 0 radical (unpaired) electrons. The van der Waals surface area contributed by atoms with Crippen LogP contribution in [0.1, 0.15) is 68.7 Å². The molecule has 1 aliphatic carbocycles. The van der Waals surface area contributed by atoms with Crippen molar-refractivity contribution in [1.29, 1.82) is 0 Å². The topological polar surface area (TPSA) is 113 Å². The summed E-state index contributed by atoms with van der Waals surface area (Å²) in [5.41, 5.74) is 3.05. The summed E-state index contributed by atoms with van der Waals surface area (Å²) >= 11 is 0. The fourth-order valence-corrected chi connectivity index (χ4v) is 6.26. The molecule has 3 aliphatic rings. The Labute approximate surface area is 240 Å². The molecule has 2 fully saturated rings. The van der Waals surface area contributed by atoms with Gasteiger partial charge in [-0.05, 0) is 61.9 Å². The molecule has 10 heteroatoms. The fraction of sp³-hybridized carbons (Fsp3) is 0.484. The second-order valence-electron chi connectivity index (χ2n) is 11.6. The zero-order chi connectivity index (χ0) is 28.6. The standard InChI is InChI=1S/C31H38N6O4/c1-31(20-38)28-22(19-36(31)18-21-9-12-24(13-10-21)41-23-7-5-3-4-6-8-23)11-14-25(33-28)29-32-17-27(35(29)2)37-16-15-26(39)34-30(37)40/h9-14,17,23,38H,3-8,15-16,18-20H2,1-2H3,(H,34,39,40). The number of carbonyl (C=O) groups is 2. The normalized spacial score (nSPS) is 22.0. The van der Waals surface area contributed by atoms with Crippen LogP contribution in [0.15, 0.2) is 42.6 Å². The first-order chi connectivity index (χ1) is 19.9. The molecule has 0 bridgehead atoms. The number of anilines is 1. The van der Waals surface area contributed by atoms with Crippen LogP contribution in [0.3, 0.4) is 0 Å². The molecule has 1 aromatic carbocycles. The molecular weight excluding hydrogens is 520 g/mol. The lowest BCUT2D eigenvalue weighted by atomic mass is 9.97. The van der Waals surface area contributed by atoms with Gasteiger partial charge in [0.25, 0.3) is 0 Å². The Morgan fingerprint density at radius 1 is 1.07 bits per heavy atom. The molecule has 10 nitrogen and oxygen atoms in total. The number of nitrogens with zero attached hydrogens (tertiary/aromatic N) is 5. The van der Waals surface area contributed by atoms with Crippen LogP contribution in [0.2, 0.25) is 0 Å². The van der Waals surface area contributed by atoms with Crippen LogP contribution >= 0.6 is 0 Å². The molecule has 2 aliphatic heterocycles. The smallest absolute Gasteiger partial charge is 0.329 e. The highest BCUT2D eigenvalue weighted by atomic mass is 16.5. The summed E-state index contributed by atoms with van der Waals surface area (Å²) in [5.74, 6) is 1.84. The van der Waals surface area contributed by atoms with Crippen LogP contribution in [0.4, 0.5) is 10.6 Å². The second kappa shape index (κ2) is 11.3. The highest BCUT2D eigenvalue weighted by Crippen LogP contribution is 2.40. The number of imidazole rings is 1. The first-order valence-corrected chi connectivity index (χ1v) is 14.6. The summed E-state index contributed by atoms with van der Waals surface area (Å²) in [7, 11) is 1.83. The number of hydrogen-bond donors (Lipinski definition) is 2. The van der Waals surface area contributed by atoms with Gasteiger partial charge in [-0.15, -0.1) is 0 Å². The number of nitrogens with one attached hydrogen (secondary N) is 1. The molecule has 6 rings (SSSR count). The Kier molecular flexibility index (Phi) is 7.52. The van der Waals surface area contributed by atoms with E-state index < -0.39 is 11.6 Å². The van der Waals surface area contributed by atoms with Crippen molar-refractivity contribution in [2.45, 2.75) is 76.6 Å². The van der Waals surface area contributed by atoms with E-state index in [0.29, 0.717) is 43.1 Å². The minimum atomic E-state index is -0.665. The minimum Gasteiger partial charge on any atom is -0.490 e. The van der Waals surface area contributed by atoms with E-state index >= 15 is 0 Å². The Balaban J connectivity index is 1.19. The van der Waals surface area contributed by atoms with Crippen LogP contribution in [-0.2, 0) is 30.5 Å². The summed E-state index contributed by atoms with van der Waals surface area (Å²) in [5, 5.41) is 13.0. The molecule has 216 valence electrons. The number of aliphatic hydroxyl groups excluding tert-OH is 1. The monoisotopic (exact) mass is 558 g/mol. The molecule has 3 amide bonds. The number of ether oxygens (including phenoxy) is 1. The average molecular weight is 559 g/mol. The predicted molar refractivity (Wildman–Crippen MR) is 154 cm³/mol. The van der Waals surface area contributed by atoms with Crippen molar-refractivity contribution in [1.82, 2.24) is 24.8 Å². The molecular formula is C31H38N6O4. The van der Waals surface area contributed by atoms with Gasteiger partial charge in [-0.2, -0.15) is 0 Å². The lowest BCUT2D eigenvalue weighted by molar-refractivity contribution is -0.120. The lowest BCUT2D eigenvalue weighted by Gasteiger charge is -2.33. The number of aliphatic hydroxyl groups is 1. The van der Waals surface area contributed by atoms with E-state index in [0.717, 1.165) is 35.4 Å². The molecule has 0 spiro atoms. The highest BCUT2D eigenvalue weighted by Gasteiger charge is 2.42. The van der Waals surface area contributed by atoms with Gasteiger partial charge in [-0.1, -0.05) is 31.0 Å². The van der Waals surface area contributed by atoms with Gasteiger partial charge in [0, 0.05) is 33.1 Å². The number of carbonyl (C=O) groups excluding carboxylic acids is 2. The summed E-state index contributed by atoms with van der Waals surface area (Å²) < 4.78 is 8.09. The Morgan fingerprint density at radius 3 is 2.54 bits per heavy atom. The Morgan fingerprint density at radius 2 is 1.83 bits per heavy atom. The molecule has 2 aromatic heterocycles. The number of rotatable bonds is 7. The number of fused-ring (bicyclic) bond motifs is 1. The van der Waals surface area contributed by atoms with Crippen LogP contribution in [0, 0.1) is 0 Å². The van der Waals surface area contributed by atoms with E-state index in [-0.39, 0.29) is 18.9 Å². The average Bonchev–Trinajstić information content (AvgIpc) is 3.34. The van der Waals surface area contributed by atoms with Gasteiger partial charge in [0.05, 0.1) is 30.1 Å². The molecule has 3 aromatic rings. The molecule has 1 unspecified atom stereocenters. The number of imide groups is 1. The number of pyridine rings is 1. The van der Waals surface area contributed by atoms with Gasteiger partial charge in [0.1, 0.15) is 17.3 Å². The Hall–Kier alpha value is -3.76. The van der Waals surface area contributed by atoms with Crippen LogP contribution in [0.25, 0.3) is 11.5 Å². The van der Waals surface area contributed by atoms with E-state index in [2.05, 4.69) is 45.5 Å². The van der Waals surface area contributed by atoms with Crippen molar-refractivity contribution in [2.24, 2.45) is 7.05 Å². The van der Waals surface area contributed by atoms with Crippen molar-refractivity contribution >= 4 is 17.8 Å². The third kappa shape index (κ3) is 5.34. The van der Waals surface area contributed by atoms with E-state index in [4.69, 9.17) is 9.72 Å². The zero-order valence-electron chi connectivity index (χ0n) is 23.8. The maximum absolute atomic E-state index is 12.4. The highest BCUT2D eigenvalue weighted by molar-refractivity contribution is 6.05. The largest absolute Gasteiger partial charge is 0.490 e. The van der Waals surface area contributed by atoms with Gasteiger partial charge < -0.3 is 14.4 Å². The zero-order valence-corrected chi connectivity index (χ0v) is 23.8. The van der Waals surface area contributed by atoms with Gasteiger partial charge >= 0.3 is 6.03 Å². The van der Waals surface area contributed by atoms with E-state index in [1.807, 2.05) is 24.6 Å². The van der Waals surface area contributed by atoms with Gasteiger partial charge in [0.2, 0.25) is 5.91 Å². The van der Waals surface area contributed by atoms with Crippen molar-refractivity contribution in [2.75, 3.05) is 18.1 Å². The third-order valence-corrected chi connectivity index (χ3v) is 8.78. The van der Waals surface area contributed by atoms with E-state index in [9.17, 15) is 14.7 Å². The van der Waals surface area contributed by atoms with Gasteiger partial charge in [-0.3, -0.25) is 19.9 Å². The summed E-state index contributed by atoms with van der Waals surface area (Å²) in [6.07, 6.45) is 9.54. The SMILES string of the molecule is Cn1c(N2CCC(=O)NC2=O)cnc1-c1ccc2c(n1)C(C)(CO)N(Cc1ccc(OC3CCCCCC3)cc1)C2. The van der Waals surface area contributed by atoms with Gasteiger partial charge in [-0.25, -0.2) is 14.8 Å². The summed E-state index contributed by atoms with van der Waals surface area (Å²) in [6, 6.07) is 11.9. The summed E-state index contributed by atoms with van der Waals surface area (Å²) in [6.45, 7) is 3.59. The first kappa shape index (κ1) is 27.4. The quantitative estimate of drug-likeness (QED) is 0.417. The number of amides is 3. The van der Waals surface area contributed by atoms with Crippen molar-refractivity contribution in [3.8, 4) is 17.3 Å². The van der Waals surface area contributed by atoms with Crippen molar-refractivity contribution in [3.63, 3.8) is 0 Å². The first-order valence-electron chi connectivity index (χ1n) is 14.6. The van der Waals surface area contributed by atoms with Crippen molar-refractivity contribution in [3.05, 3.63) is 59.4 Å². The lowest BCUT2D eigenvalue weighted by Crippen LogP contribution is -2.50. The van der Waals surface area contributed by atoms with E-state index in [1.165, 1.54) is 30.6 Å². The summed E-state index contributed by atoms with van der Waals surface area (Å²) in [4.78, 5) is 37.3. The van der Waals surface area contributed by atoms with Gasteiger partial charge in [0.15, 0.2) is 5.82 Å². The minimum absolute atomic E-state index is 0.0763. The number of hydrogen-bond acceptors (Lipinski definition) is 7. The molecule has 1 saturated carbocycles. The van der Waals surface area contributed by atoms with E-state index in [1.54, 1.807) is 6.20 Å².